The van der Waals surface area contributed by atoms with E-state index in [1.807, 2.05) is 44.3 Å². The lowest BCUT2D eigenvalue weighted by Gasteiger charge is -2.15. The lowest BCUT2D eigenvalue weighted by atomic mass is 10.0. The zero-order valence-electron chi connectivity index (χ0n) is 18.1. The first-order valence-electron chi connectivity index (χ1n) is 10.5. The Labute approximate surface area is 192 Å². The molecule has 9 heteroatoms. The topological polar surface area (TPSA) is 94.0 Å². The highest BCUT2D eigenvalue weighted by Gasteiger charge is 2.32. The molecule has 7 nitrogen and oxygen atoms in total. The van der Waals surface area contributed by atoms with E-state index in [0.717, 1.165) is 16.7 Å². The van der Waals surface area contributed by atoms with E-state index in [1.54, 1.807) is 4.57 Å². The Morgan fingerprint density at radius 2 is 1.81 bits per heavy atom. The summed E-state index contributed by atoms with van der Waals surface area (Å²) < 4.78 is 25.3. The normalized spacial score (nSPS) is 18.4. The monoisotopic (exact) mass is 470 g/mol. The highest BCUT2D eigenvalue weighted by Crippen LogP contribution is 2.29. The highest BCUT2D eigenvalue weighted by atomic mass is 32.2. The van der Waals surface area contributed by atoms with E-state index in [2.05, 4.69) is 39.8 Å². The first-order valence-corrected chi connectivity index (χ1v) is 13.3. The number of aromatic nitrogens is 3. The summed E-state index contributed by atoms with van der Waals surface area (Å²) in [7, 11) is -1.17. The Morgan fingerprint density at radius 1 is 1.12 bits per heavy atom. The fourth-order valence-corrected chi connectivity index (χ4v) is 6.37. The molecule has 32 heavy (non-hydrogen) atoms. The summed E-state index contributed by atoms with van der Waals surface area (Å²) in [5.74, 6) is 0.967. The maximum absolute atomic E-state index is 12.5. The number of sulfone groups is 1. The quantitative estimate of drug-likeness (QED) is 0.532. The number of carbonyl (C=O) groups excluding carboxylic acids is 1. The van der Waals surface area contributed by atoms with Crippen LogP contribution in [0.1, 0.15) is 36.7 Å². The van der Waals surface area contributed by atoms with E-state index < -0.39 is 9.84 Å². The van der Waals surface area contributed by atoms with Crippen LogP contribution in [0.25, 0.3) is 11.1 Å². The molecule has 0 saturated carbocycles. The number of amides is 1. The minimum atomic E-state index is -2.99. The second-order valence-corrected chi connectivity index (χ2v) is 11.2. The van der Waals surface area contributed by atoms with Crippen molar-refractivity contribution in [2.24, 2.45) is 7.05 Å². The van der Waals surface area contributed by atoms with E-state index in [1.165, 1.54) is 11.8 Å². The van der Waals surface area contributed by atoms with Crippen LogP contribution in [0.5, 0.6) is 0 Å². The van der Waals surface area contributed by atoms with Crippen molar-refractivity contribution in [2.75, 3.05) is 17.3 Å². The summed E-state index contributed by atoms with van der Waals surface area (Å²) >= 11 is 1.30. The average Bonchev–Trinajstić information content (AvgIpc) is 3.34. The summed E-state index contributed by atoms with van der Waals surface area (Å²) in [5.41, 5.74) is 3.33. The van der Waals surface area contributed by atoms with E-state index in [9.17, 15) is 13.2 Å². The van der Waals surface area contributed by atoms with Gasteiger partial charge in [0.05, 0.1) is 23.3 Å². The van der Waals surface area contributed by atoms with Crippen LogP contribution >= 0.6 is 11.8 Å². The first-order chi connectivity index (χ1) is 15.3. The molecule has 0 aliphatic carbocycles. The Balaban J connectivity index is 1.31. The largest absolute Gasteiger partial charge is 0.349 e. The minimum Gasteiger partial charge on any atom is -0.349 e. The number of nitrogens with zero attached hydrogens (tertiary/aromatic N) is 3. The zero-order valence-corrected chi connectivity index (χ0v) is 19.7. The van der Waals surface area contributed by atoms with Crippen LogP contribution in [0.3, 0.4) is 0 Å². The third-order valence-electron chi connectivity index (χ3n) is 5.69. The van der Waals surface area contributed by atoms with Gasteiger partial charge in [0.15, 0.2) is 15.0 Å². The lowest BCUT2D eigenvalue weighted by molar-refractivity contribution is -0.119. The predicted octanol–water partition coefficient (Wildman–Crippen LogP) is 3.35. The van der Waals surface area contributed by atoms with Crippen LogP contribution in [0.4, 0.5) is 0 Å². The van der Waals surface area contributed by atoms with Crippen molar-refractivity contribution in [3.8, 4) is 11.1 Å². The molecule has 2 heterocycles. The first kappa shape index (κ1) is 22.5. The molecule has 3 aromatic rings. The molecule has 1 saturated heterocycles. The fourth-order valence-electron chi connectivity index (χ4n) is 3.90. The maximum atomic E-state index is 12.5. The van der Waals surface area contributed by atoms with Gasteiger partial charge in [-0.2, -0.15) is 0 Å². The third kappa shape index (κ3) is 5.21. The van der Waals surface area contributed by atoms with Crippen LogP contribution < -0.4 is 5.32 Å². The summed E-state index contributed by atoms with van der Waals surface area (Å²) in [4.78, 5) is 12.5. The van der Waals surface area contributed by atoms with Crippen molar-refractivity contribution < 1.29 is 13.2 Å². The molecule has 0 bridgehead atoms. The Kier molecular flexibility index (Phi) is 6.66. The van der Waals surface area contributed by atoms with Crippen molar-refractivity contribution in [3.63, 3.8) is 0 Å². The van der Waals surface area contributed by atoms with Crippen molar-refractivity contribution in [3.05, 3.63) is 66.0 Å². The van der Waals surface area contributed by atoms with E-state index in [0.29, 0.717) is 17.4 Å². The molecule has 2 aromatic carbocycles. The van der Waals surface area contributed by atoms with Gasteiger partial charge >= 0.3 is 0 Å². The second kappa shape index (κ2) is 9.46. The third-order valence-corrected chi connectivity index (χ3v) is 8.48. The van der Waals surface area contributed by atoms with E-state index >= 15 is 0 Å². The average molecular weight is 471 g/mol. The molecule has 1 amide bonds. The predicted molar refractivity (Wildman–Crippen MR) is 126 cm³/mol. The number of benzene rings is 2. The van der Waals surface area contributed by atoms with E-state index in [4.69, 9.17) is 0 Å². The van der Waals surface area contributed by atoms with Crippen LogP contribution in [0.15, 0.2) is 59.8 Å². The lowest BCUT2D eigenvalue weighted by Crippen LogP contribution is -2.28. The van der Waals surface area contributed by atoms with Gasteiger partial charge in [0.2, 0.25) is 5.91 Å². The van der Waals surface area contributed by atoms with Crippen molar-refractivity contribution in [1.82, 2.24) is 20.1 Å². The van der Waals surface area contributed by atoms with Crippen LogP contribution in [-0.4, -0.2) is 46.3 Å². The molecule has 1 aromatic heterocycles. The number of thioether (sulfide) groups is 1. The van der Waals surface area contributed by atoms with Gasteiger partial charge in [-0.05, 0) is 30.0 Å². The summed E-state index contributed by atoms with van der Waals surface area (Å²) in [6.45, 7) is 1.96. The van der Waals surface area contributed by atoms with Crippen molar-refractivity contribution in [1.29, 1.82) is 0 Å². The molecule has 2 atom stereocenters. The number of hydrogen-bond donors (Lipinski definition) is 1. The van der Waals surface area contributed by atoms with Crippen molar-refractivity contribution in [2.45, 2.75) is 30.5 Å². The van der Waals surface area contributed by atoms with Crippen LogP contribution in [-0.2, 0) is 21.7 Å². The molecular formula is C23H26N4O3S2. The molecule has 1 aliphatic heterocycles. The van der Waals surface area contributed by atoms with Crippen LogP contribution in [0, 0.1) is 0 Å². The van der Waals surface area contributed by atoms with Crippen molar-refractivity contribution >= 4 is 27.5 Å². The number of nitrogens with one attached hydrogen (secondary N) is 1. The van der Waals surface area contributed by atoms with Gasteiger partial charge in [-0.1, -0.05) is 66.4 Å². The molecule has 168 valence electrons. The molecule has 4 rings (SSSR count). The minimum absolute atomic E-state index is 0.0948. The molecule has 1 fully saturated rings. The summed E-state index contributed by atoms with van der Waals surface area (Å²) in [5, 5.41) is 12.0. The smallest absolute Gasteiger partial charge is 0.230 e. The molecule has 0 radical (unpaired) electrons. The van der Waals surface area contributed by atoms with Gasteiger partial charge in [0.1, 0.15) is 5.82 Å². The Morgan fingerprint density at radius 3 is 2.47 bits per heavy atom. The number of rotatable bonds is 7. The SMILES string of the molecule is CC(NC(=O)CSc1nnc(C2CCS(=O)(=O)C2)n1C)c1ccc(-c2ccccc2)cc1. The standard InChI is InChI=1S/C23H26N4O3S2/c1-16(17-8-10-19(11-9-17)18-6-4-3-5-7-18)24-21(28)14-31-23-26-25-22(27(23)2)20-12-13-32(29,30)15-20/h3-11,16,20H,12-15H2,1-2H3,(H,24,28). The van der Waals surface area contributed by atoms with Gasteiger partial charge in [-0.25, -0.2) is 8.42 Å². The molecular weight excluding hydrogens is 444 g/mol. The highest BCUT2D eigenvalue weighted by molar-refractivity contribution is 7.99. The van der Waals surface area contributed by atoms with Gasteiger partial charge in [-0.3, -0.25) is 4.79 Å². The fraction of sp³-hybridized carbons (Fsp3) is 0.348. The van der Waals surface area contributed by atoms with Gasteiger partial charge in [-0.15, -0.1) is 10.2 Å². The second-order valence-electron chi connectivity index (χ2n) is 8.07. The van der Waals surface area contributed by atoms with Gasteiger partial charge < -0.3 is 9.88 Å². The van der Waals surface area contributed by atoms with Gasteiger partial charge in [0, 0.05) is 13.0 Å². The maximum Gasteiger partial charge on any atom is 0.230 e. The van der Waals surface area contributed by atoms with Crippen LogP contribution in [0.2, 0.25) is 0 Å². The Hall–Kier alpha value is -2.65. The zero-order chi connectivity index (χ0) is 22.7. The number of hydrogen-bond acceptors (Lipinski definition) is 6. The molecule has 0 spiro atoms. The molecule has 1 aliphatic rings. The summed E-state index contributed by atoms with van der Waals surface area (Å²) in [6.07, 6.45) is 0.569. The number of carbonyl (C=O) groups is 1. The molecule has 1 N–H and O–H groups in total. The van der Waals surface area contributed by atoms with E-state index in [-0.39, 0.29) is 35.1 Å². The molecule has 2 unspecified atom stereocenters. The summed E-state index contributed by atoms with van der Waals surface area (Å²) in [6, 6.07) is 18.2. The van der Waals surface area contributed by atoms with Gasteiger partial charge in [0.25, 0.3) is 0 Å². The Bertz CT molecular complexity index is 1190.